The summed E-state index contributed by atoms with van der Waals surface area (Å²) in [5.41, 5.74) is 4.10. The van der Waals surface area contributed by atoms with E-state index >= 15 is 0 Å². The summed E-state index contributed by atoms with van der Waals surface area (Å²) in [6.45, 7) is 5.72. The molecule has 0 saturated heterocycles. The van der Waals surface area contributed by atoms with E-state index in [9.17, 15) is 9.90 Å². The van der Waals surface area contributed by atoms with Gasteiger partial charge in [-0.3, -0.25) is 0 Å². The van der Waals surface area contributed by atoms with E-state index in [1.807, 2.05) is 48.5 Å². The van der Waals surface area contributed by atoms with Crippen LogP contribution in [0.5, 0.6) is 5.75 Å². The van der Waals surface area contributed by atoms with Crippen LogP contribution in [0.3, 0.4) is 0 Å². The van der Waals surface area contributed by atoms with E-state index in [-0.39, 0.29) is 11.8 Å². The average molecular weight is 447 g/mol. The zero-order chi connectivity index (χ0) is 23.2. The molecule has 1 fully saturated rings. The van der Waals surface area contributed by atoms with Gasteiger partial charge in [0.2, 0.25) is 0 Å². The molecule has 1 aliphatic rings. The highest BCUT2D eigenvalue weighted by molar-refractivity contribution is 5.79. The molecule has 3 N–H and O–H groups in total. The first-order valence-corrected chi connectivity index (χ1v) is 12.1. The summed E-state index contributed by atoms with van der Waals surface area (Å²) in [4.78, 5) is 13.0. The number of amides is 1. The van der Waals surface area contributed by atoms with Crippen LogP contribution in [-0.2, 0) is 6.54 Å². The van der Waals surface area contributed by atoms with E-state index < -0.39 is 0 Å². The van der Waals surface area contributed by atoms with E-state index in [2.05, 4.69) is 29.6 Å². The predicted molar refractivity (Wildman–Crippen MR) is 133 cm³/mol. The van der Waals surface area contributed by atoms with Gasteiger partial charge < -0.3 is 15.7 Å². The molecule has 1 amide bonds. The molecule has 33 heavy (non-hydrogen) atoms. The molecule has 2 aromatic carbocycles. The lowest BCUT2D eigenvalue weighted by molar-refractivity contribution is 0.236. The molecule has 1 heterocycles. The second-order valence-corrected chi connectivity index (χ2v) is 8.93. The molecule has 4 rings (SSSR count). The lowest BCUT2D eigenvalue weighted by Crippen LogP contribution is -2.31. The lowest BCUT2D eigenvalue weighted by atomic mass is 9.82. The maximum atomic E-state index is 13.0. The monoisotopic (exact) mass is 446 g/mol. The Bertz CT molecular complexity index is 1070. The van der Waals surface area contributed by atoms with Crippen molar-refractivity contribution in [2.45, 2.75) is 58.4 Å². The fourth-order valence-electron chi connectivity index (χ4n) is 4.23. The molecule has 1 aromatic heterocycles. The number of anilines is 1. The zero-order valence-corrected chi connectivity index (χ0v) is 19.6. The molecule has 174 valence electrons. The van der Waals surface area contributed by atoms with Crippen molar-refractivity contribution in [3.63, 3.8) is 0 Å². The summed E-state index contributed by atoms with van der Waals surface area (Å²) in [5.74, 6) is 1.11. The molecule has 0 bridgehead atoms. The van der Waals surface area contributed by atoms with E-state index in [1.165, 1.54) is 11.1 Å². The van der Waals surface area contributed by atoms with Crippen molar-refractivity contribution in [2.24, 2.45) is 5.92 Å². The number of hydrogen-bond acceptors (Lipinski definition) is 4. The number of phenols is 1. The van der Waals surface area contributed by atoms with Crippen LogP contribution in [0.1, 0.15) is 63.1 Å². The highest BCUT2D eigenvalue weighted by atomic mass is 16.3. The third-order valence-corrected chi connectivity index (χ3v) is 6.76. The molecule has 0 aliphatic heterocycles. The highest BCUT2D eigenvalue weighted by Gasteiger charge is 2.27. The first kappa shape index (κ1) is 22.9. The van der Waals surface area contributed by atoms with Gasteiger partial charge in [0.25, 0.3) is 0 Å². The Kier molecular flexibility index (Phi) is 7.33. The number of nitrogens with one attached hydrogen (secondary N) is 2. The van der Waals surface area contributed by atoms with Crippen molar-refractivity contribution < 1.29 is 9.90 Å². The first-order valence-electron chi connectivity index (χ1n) is 12.1. The molecule has 0 radical (unpaired) electrons. The second-order valence-electron chi connectivity index (χ2n) is 8.93. The van der Waals surface area contributed by atoms with Crippen LogP contribution < -0.4 is 10.6 Å². The van der Waals surface area contributed by atoms with Crippen molar-refractivity contribution in [3.8, 4) is 17.0 Å². The molecule has 0 unspecified atom stereocenters. The fraction of sp³-hybridized carbons (Fsp3) is 0.407. The van der Waals surface area contributed by atoms with Crippen LogP contribution in [0, 0.1) is 5.92 Å². The lowest BCUT2D eigenvalue weighted by Gasteiger charge is -2.25. The number of nitrogens with zero attached hydrogens (tertiary/aromatic N) is 2. The van der Waals surface area contributed by atoms with Crippen molar-refractivity contribution in [1.29, 1.82) is 0 Å². The molecular weight excluding hydrogens is 412 g/mol. The summed E-state index contributed by atoms with van der Waals surface area (Å²) in [6.07, 6.45) is 5.53. The van der Waals surface area contributed by atoms with Gasteiger partial charge in [-0.05, 0) is 42.5 Å². The fourth-order valence-corrected chi connectivity index (χ4v) is 4.23. The largest absolute Gasteiger partial charge is 0.507 e. The zero-order valence-electron chi connectivity index (χ0n) is 19.6. The molecule has 6 nitrogen and oxygen atoms in total. The Balaban J connectivity index is 1.53. The molecule has 3 aromatic rings. The maximum absolute atomic E-state index is 13.0. The van der Waals surface area contributed by atoms with E-state index in [0.717, 1.165) is 49.2 Å². The van der Waals surface area contributed by atoms with Gasteiger partial charge in [-0.15, -0.1) is 0 Å². The quantitative estimate of drug-likeness (QED) is 0.369. The van der Waals surface area contributed by atoms with Crippen LogP contribution in [0.4, 0.5) is 10.5 Å². The Hall–Kier alpha value is -3.28. The number of benzene rings is 2. The third kappa shape index (κ3) is 5.38. The Morgan fingerprint density at radius 2 is 1.88 bits per heavy atom. The predicted octanol–water partition coefficient (Wildman–Crippen LogP) is 6.13. The van der Waals surface area contributed by atoms with Crippen molar-refractivity contribution >= 4 is 11.7 Å². The number of phenolic OH excluding ortho intramolecular Hbond substituents is 1. The normalized spacial score (nSPS) is 13.7. The topological polar surface area (TPSA) is 79.2 Å². The van der Waals surface area contributed by atoms with E-state index in [4.69, 9.17) is 0 Å². The molecular formula is C27H34N4O2. The summed E-state index contributed by atoms with van der Waals surface area (Å²) in [5, 5.41) is 21.7. The molecule has 0 spiro atoms. The van der Waals surface area contributed by atoms with Gasteiger partial charge in [-0.2, -0.15) is 9.78 Å². The van der Waals surface area contributed by atoms with Crippen LogP contribution in [0.25, 0.3) is 11.3 Å². The van der Waals surface area contributed by atoms with Crippen LogP contribution in [0.2, 0.25) is 0 Å². The number of carbonyl (C=O) groups excluding carboxylic acids is 1. The van der Waals surface area contributed by atoms with Gasteiger partial charge in [0.1, 0.15) is 5.75 Å². The molecule has 0 atom stereocenters. The summed E-state index contributed by atoms with van der Waals surface area (Å²) < 4.78 is 1.49. The van der Waals surface area contributed by atoms with Crippen LogP contribution >= 0.6 is 0 Å². The van der Waals surface area contributed by atoms with Gasteiger partial charge >= 0.3 is 6.03 Å². The number of rotatable bonds is 9. The summed E-state index contributed by atoms with van der Waals surface area (Å²) in [7, 11) is 0. The van der Waals surface area contributed by atoms with Gasteiger partial charge in [0.15, 0.2) is 0 Å². The first-order chi connectivity index (χ1) is 16.1. The van der Waals surface area contributed by atoms with Gasteiger partial charge in [0.05, 0.1) is 11.4 Å². The maximum Gasteiger partial charge on any atom is 0.342 e. The van der Waals surface area contributed by atoms with Gasteiger partial charge in [-0.25, -0.2) is 4.79 Å². The third-order valence-electron chi connectivity index (χ3n) is 6.76. The molecule has 6 heteroatoms. The number of hydrogen-bond donors (Lipinski definition) is 3. The van der Waals surface area contributed by atoms with Crippen molar-refractivity contribution in [2.75, 3.05) is 11.9 Å². The van der Waals surface area contributed by atoms with Gasteiger partial charge in [-0.1, -0.05) is 63.4 Å². The minimum absolute atomic E-state index is 0.166. The number of aromatic nitrogens is 2. The highest BCUT2D eigenvalue weighted by Crippen LogP contribution is 2.39. The average Bonchev–Trinajstić information content (AvgIpc) is 3.22. The number of aromatic hydroxyl groups is 1. The Morgan fingerprint density at radius 1 is 1.12 bits per heavy atom. The Morgan fingerprint density at radius 3 is 2.52 bits per heavy atom. The summed E-state index contributed by atoms with van der Waals surface area (Å²) in [6, 6.07) is 17.1. The molecule has 1 saturated carbocycles. The Labute approximate surface area is 196 Å². The molecule has 1 aliphatic carbocycles. The second kappa shape index (κ2) is 10.6. The van der Waals surface area contributed by atoms with Crippen molar-refractivity contribution in [3.05, 3.63) is 65.9 Å². The minimum atomic E-state index is -0.241. The van der Waals surface area contributed by atoms with E-state index in [0.29, 0.717) is 29.6 Å². The van der Waals surface area contributed by atoms with Gasteiger partial charge in [0, 0.05) is 36.3 Å². The minimum Gasteiger partial charge on any atom is -0.507 e. The number of carbonyl (C=O) groups is 1. The summed E-state index contributed by atoms with van der Waals surface area (Å²) >= 11 is 0. The van der Waals surface area contributed by atoms with Crippen molar-refractivity contribution in [1.82, 2.24) is 15.1 Å². The van der Waals surface area contributed by atoms with E-state index in [1.54, 1.807) is 6.07 Å². The smallest absolute Gasteiger partial charge is 0.342 e. The van der Waals surface area contributed by atoms with Crippen LogP contribution in [-0.4, -0.2) is 27.5 Å². The SMILES string of the molecule is CCC(CC)CNc1ccc(-c2cc(C3CCC3)n(C(=O)NCc3ccccc3)n2)c(O)c1. The standard InChI is InChI=1S/C27H34N4O2/c1-3-19(4-2)17-28-22-13-14-23(26(32)15-22)24-16-25(21-11-8-12-21)31(30-24)27(33)29-18-20-9-6-5-7-10-20/h5-7,9-10,13-16,19,21,28,32H,3-4,8,11-12,17-18H2,1-2H3,(H,29,33). The van der Waals surface area contributed by atoms with Crippen LogP contribution in [0.15, 0.2) is 54.6 Å².